The highest BCUT2D eigenvalue weighted by Crippen LogP contribution is 2.18. The fourth-order valence-electron chi connectivity index (χ4n) is 2.96. The number of hydrogen-bond acceptors (Lipinski definition) is 5. The van der Waals surface area contributed by atoms with Gasteiger partial charge in [-0.1, -0.05) is 12.1 Å². The first-order valence-corrected chi connectivity index (χ1v) is 8.40. The molecule has 0 saturated heterocycles. The highest BCUT2D eigenvalue weighted by molar-refractivity contribution is 5.79. The van der Waals surface area contributed by atoms with Crippen molar-refractivity contribution < 1.29 is 9.21 Å². The van der Waals surface area contributed by atoms with Gasteiger partial charge in [0.15, 0.2) is 5.58 Å². The second-order valence-corrected chi connectivity index (χ2v) is 6.08. The third-order valence-electron chi connectivity index (χ3n) is 4.25. The molecule has 0 aliphatic carbocycles. The monoisotopic (exact) mass is 363 g/mol. The van der Waals surface area contributed by atoms with E-state index in [-0.39, 0.29) is 19.0 Å². The van der Waals surface area contributed by atoms with E-state index in [0.29, 0.717) is 11.1 Å². The minimum Gasteiger partial charge on any atom is -0.408 e. The van der Waals surface area contributed by atoms with Crippen LogP contribution in [0.4, 0.5) is 0 Å². The van der Waals surface area contributed by atoms with Crippen molar-refractivity contribution in [2.75, 3.05) is 0 Å². The smallest absolute Gasteiger partial charge is 0.408 e. The van der Waals surface area contributed by atoms with Crippen LogP contribution in [0.25, 0.3) is 22.4 Å². The lowest BCUT2D eigenvalue weighted by atomic mass is 10.2. The number of fused-ring (bicyclic) bond motifs is 1. The van der Waals surface area contributed by atoms with E-state index in [1.807, 2.05) is 25.2 Å². The average molecular weight is 363 g/mol. The molecule has 4 rings (SSSR count). The molecule has 0 fully saturated rings. The fraction of sp³-hybridized carbons (Fsp3) is 0.158. The maximum absolute atomic E-state index is 12.3. The largest absolute Gasteiger partial charge is 0.420 e. The first-order chi connectivity index (χ1) is 13.1. The predicted molar refractivity (Wildman–Crippen MR) is 98.8 cm³/mol. The topological polar surface area (TPSA) is 95.0 Å². The summed E-state index contributed by atoms with van der Waals surface area (Å²) in [4.78, 5) is 28.2. The molecule has 3 aromatic heterocycles. The number of para-hydroxylation sites is 2. The number of amides is 1. The zero-order valence-corrected chi connectivity index (χ0v) is 14.6. The number of hydrogen-bond donors (Lipinski definition) is 1. The number of aryl methyl sites for hydroxylation is 1. The number of carbonyl (C=O) groups is 1. The SMILES string of the molecule is Cn1nc(CNC(=O)Cn2c(=O)oc3ccccc32)cc1-c1ccncc1. The Morgan fingerprint density at radius 2 is 1.96 bits per heavy atom. The lowest BCUT2D eigenvalue weighted by molar-refractivity contribution is -0.121. The third kappa shape index (κ3) is 3.37. The van der Waals surface area contributed by atoms with Gasteiger partial charge >= 0.3 is 5.76 Å². The van der Waals surface area contributed by atoms with Crippen molar-refractivity contribution in [3.05, 3.63) is 71.1 Å². The number of rotatable bonds is 5. The number of oxazole rings is 1. The molecule has 27 heavy (non-hydrogen) atoms. The summed E-state index contributed by atoms with van der Waals surface area (Å²) in [5.74, 6) is -0.844. The van der Waals surface area contributed by atoms with Gasteiger partial charge in [-0.15, -0.1) is 0 Å². The Hall–Kier alpha value is -3.68. The molecule has 0 bridgehead atoms. The summed E-state index contributed by atoms with van der Waals surface area (Å²) in [5, 5.41) is 7.21. The van der Waals surface area contributed by atoms with Crippen LogP contribution in [0.15, 0.2) is 64.1 Å². The van der Waals surface area contributed by atoms with Crippen molar-refractivity contribution in [2.24, 2.45) is 7.05 Å². The molecule has 1 N–H and O–H groups in total. The Bertz CT molecular complexity index is 1160. The van der Waals surface area contributed by atoms with Crippen molar-refractivity contribution in [2.45, 2.75) is 13.1 Å². The summed E-state index contributed by atoms with van der Waals surface area (Å²) in [5.41, 5.74) is 3.70. The predicted octanol–water partition coefficient (Wildman–Crippen LogP) is 1.71. The Morgan fingerprint density at radius 3 is 2.78 bits per heavy atom. The minimum atomic E-state index is -0.552. The molecular weight excluding hydrogens is 346 g/mol. The van der Waals surface area contributed by atoms with Gasteiger partial charge in [-0.3, -0.25) is 19.0 Å². The molecular formula is C19H17N5O3. The highest BCUT2D eigenvalue weighted by atomic mass is 16.4. The number of pyridine rings is 1. The van der Waals surface area contributed by atoms with Gasteiger partial charge in [0.25, 0.3) is 0 Å². The second-order valence-electron chi connectivity index (χ2n) is 6.08. The maximum Gasteiger partial charge on any atom is 0.420 e. The normalized spacial score (nSPS) is 11.0. The molecule has 8 nitrogen and oxygen atoms in total. The van der Waals surface area contributed by atoms with Crippen molar-refractivity contribution in [3.8, 4) is 11.3 Å². The van der Waals surface area contributed by atoms with Gasteiger partial charge in [-0.2, -0.15) is 5.10 Å². The fourth-order valence-corrected chi connectivity index (χ4v) is 2.96. The Balaban J connectivity index is 1.45. The molecule has 8 heteroatoms. The highest BCUT2D eigenvalue weighted by Gasteiger charge is 2.13. The van der Waals surface area contributed by atoms with Crippen molar-refractivity contribution in [3.63, 3.8) is 0 Å². The summed E-state index contributed by atoms with van der Waals surface area (Å²) >= 11 is 0. The number of nitrogens with one attached hydrogen (secondary N) is 1. The van der Waals surface area contributed by atoms with Gasteiger partial charge in [-0.05, 0) is 30.3 Å². The molecule has 0 aliphatic rings. The Morgan fingerprint density at radius 1 is 1.19 bits per heavy atom. The van der Waals surface area contributed by atoms with Crippen LogP contribution in [-0.2, 0) is 24.9 Å². The van der Waals surface area contributed by atoms with Gasteiger partial charge in [0.2, 0.25) is 5.91 Å². The van der Waals surface area contributed by atoms with Gasteiger partial charge in [-0.25, -0.2) is 4.79 Å². The van der Waals surface area contributed by atoms with Crippen molar-refractivity contribution >= 4 is 17.0 Å². The van der Waals surface area contributed by atoms with Crippen molar-refractivity contribution in [1.29, 1.82) is 0 Å². The summed E-state index contributed by atoms with van der Waals surface area (Å²) in [6.45, 7) is 0.155. The molecule has 0 radical (unpaired) electrons. The number of aromatic nitrogens is 4. The van der Waals surface area contributed by atoms with Crippen LogP contribution < -0.4 is 11.1 Å². The Kier molecular flexibility index (Phi) is 4.29. The molecule has 136 valence electrons. The van der Waals surface area contributed by atoms with Crippen molar-refractivity contribution in [1.82, 2.24) is 24.6 Å². The second kappa shape index (κ2) is 6.91. The molecule has 0 spiro atoms. The lowest BCUT2D eigenvalue weighted by Gasteiger charge is -2.04. The zero-order chi connectivity index (χ0) is 18.8. The van der Waals surface area contributed by atoms with Gasteiger partial charge < -0.3 is 9.73 Å². The van der Waals surface area contributed by atoms with E-state index >= 15 is 0 Å². The summed E-state index contributed by atoms with van der Waals surface area (Å²) in [6, 6.07) is 12.7. The standard InChI is InChI=1S/C19H17N5O3/c1-23-16(13-6-8-20-9-7-13)10-14(22-23)11-21-18(25)12-24-15-4-2-3-5-17(15)27-19(24)26/h2-10H,11-12H2,1H3,(H,21,25). The van der Waals surface area contributed by atoms with Gasteiger partial charge in [0.05, 0.1) is 23.4 Å². The minimum absolute atomic E-state index is 0.111. The molecule has 4 aromatic rings. The van der Waals surface area contributed by atoms with Crippen LogP contribution in [-0.4, -0.2) is 25.2 Å². The summed E-state index contributed by atoms with van der Waals surface area (Å²) < 4.78 is 8.20. The molecule has 0 atom stereocenters. The molecule has 0 aliphatic heterocycles. The van der Waals surface area contributed by atoms with E-state index < -0.39 is 5.76 Å². The first kappa shape index (κ1) is 16.8. The third-order valence-corrected chi connectivity index (χ3v) is 4.25. The molecule has 3 heterocycles. The van der Waals surface area contributed by atoms with Crippen LogP contribution in [0.1, 0.15) is 5.69 Å². The average Bonchev–Trinajstić information content (AvgIpc) is 3.21. The molecule has 0 unspecified atom stereocenters. The quantitative estimate of drug-likeness (QED) is 0.582. The Labute approximate surface area is 154 Å². The van der Waals surface area contributed by atoms with Gasteiger partial charge in [0, 0.05) is 25.0 Å². The summed E-state index contributed by atoms with van der Waals surface area (Å²) in [6.07, 6.45) is 3.44. The van der Waals surface area contributed by atoms with Crippen LogP contribution in [0, 0.1) is 0 Å². The first-order valence-electron chi connectivity index (χ1n) is 8.40. The lowest BCUT2D eigenvalue weighted by Crippen LogP contribution is -2.30. The maximum atomic E-state index is 12.3. The van der Waals surface area contributed by atoms with E-state index in [2.05, 4.69) is 15.4 Å². The summed E-state index contributed by atoms with van der Waals surface area (Å²) in [7, 11) is 1.85. The van der Waals surface area contributed by atoms with E-state index in [4.69, 9.17) is 4.42 Å². The number of carbonyl (C=O) groups excluding carboxylic acids is 1. The van der Waals surface area contributed by atoms with Crippen LogP contribution >= 0.6 is 0 Å². The zero-order valence-electron chi connectivity index (χ0n) is 14.6. The number of benzene rings is 1. The van der Waals surface area contributed by atoms with E-state index in [1.54, 1.807) is 41.3 Å². The molecule has 1 amide bonds. The van der Waals surface area contributed by atoms with Gasteiger partial charge in [0.1, 0.15) is 6.54 Å². The van der Waals surface area contributed by atoms with Crippen LogP contribution in [0.5, 0.6) is 0 Å². The van der Waals surface area contributed by atoms with E-state index in [0.717, 1.165) is 17.0 Å². The van der Waals surface area contributed by atoms with E-state index in [1.165, 1.54) is 4.57 Å². The van der Waals surface area contributed by atoms with Crippen LogP contribution in [0.2, 0.25) is 0 Å². The number of nitrogens with zero attached hydrogens (tertiary/aromatic N) is 4. The van der Waals surface area contributed by atoms with Crippen LogP contribution in [0.3, 0.4) is 0 Å². The van der Waals surface area contributed by atoms with E-state index in [9.17, 15) is 9.59 Å². The molecule has 1 aromatic carbocycles. The molecule has 0 saturated carbocycles.